The fraction of sp³-hybridized carbons (Fsp3) is 0.923. The fourth-order valence-corrected chi connectivity index (χ4v) is 2.75. The number of hydrogen-bond donors (Lipinski definition) is 1. The summed E-state index contributed by atoms with van der Waals surface area (Å²) in [5.74, 6) is 0. The standard InChI is InChI=1S/C13H25N3O2/c1-18-10-9-16(11-12-5-4-6-14-12)13(17)15-7-2-3-8-15/h12,14H,2-11H2,1H3. The first-order valence-electron chi connectivity index (χ1n) is 7.07. The Labute approximate surface area is 109 Å². The van der Waals surface area contributed by atoms with E-state index in [-0.39, 0.29) is 6.03 Å². The van der Waals surface area contributed by atoms with Gasteiger partial charge in [-0.3, -0.25) is 0 Å². The number of amides is 2. The molecule has 0 bridgehead atoms. The number of methoxy groups -OCH3 is 1. The predicted molar refractivity (Wildman–Crippen MR) is 70.7 cm³/mol. The molecule has 2 fully saturated rings. The van der Waals surface area contributed by atoms with Gasteiger partial charge in [0.15, 0.2) is 0 Å². The van der Waals surface area contributed by atoms with Crippen molar-refractivity contribution in [2.24, 2.45) is 0 Å². The number of carbonyl (C=O) groups excluding carboxylic acids is 1. The van der Waals surface area contributed by atoms with Gasteiger partial charge in [0.05, 0.1) is 6.61 Å². The lowest BCUT2D eigenvalue weighted by Crippen LogP contribution is -2.48. The molecule has 0 spiro atoms. The van der Waals surface area contributed by atoms with Crippen LogP contribution in [0, 0.1) is 0 Å². The lowest BCUT2D eigenvalue weighted by atomic mass is 10.2. The highest BCUT2D eigenvalue weighted by atomic mass is 16.5. The van der Waals surface area contributed by atoms with E-state index in [1.165, 1.54) is 12.8 Å². The minimum Gasteiger partial charge on any atom is -0.383 e. The summed E-state index contributed by atoms with van der Waals surface area (Å²) in [6.07, 6.45) is 4.69. The van der Waals surface area contributed by atoms with Gasteiger partial charge in [-0.25, -0.2) is 4.79 Å². The maximum absolute atomic E-state index is 12.4. The Balaban J connectivity index is 1.87. The molecular formula is C13H25N3O2. The predicted octanol–water partition coefficient (Wildman–Crippen LogP) is 0.903. The Morgan fingerprint density at radius 3 is 2.78 bits per heavy atom. The Kier molecular flexibility index (Phi) is 5.26. The average Bonchev–Trinajstić information content (AvgIpc) is 3.06. The second kappa shape index (κ2) is 6.95. The minimum absolute atomic E-state index is 0.193. The van der Waals surface area contributed by atoms with Crippen molar-refractivity contribution in [3.8, 4) is 0 Å². The van der Waals surface area contributed by atoms with Gasteiger partial charge in [-0.15, -0.1) is 0 Å². The third-order valence-corrected chi connectivity index (χ3v) is 3.82. The van der Waals surface area contributed by atoms with Crippen LogP contribution >= 0.6 is 0 Å². The van der Waals surface area contributed by atoms with Crippen LogP contribution in [-0.4, -0.2) is 68.3 Å². The van der Waals surface area contributed by atoms with Crippen molar-refractivity contribution >= 4 is 6.03 Å². The molecule has 1 N–H and O–H groups in total. The van der Waals surface area contributed by atoms with Crippen molar-refractivity contribution in [3.05, 3.63) is 0 Å². The molecule has 0 saturated carbocycles. The number of nitrogens with zero attached hydrogens (tertiary/aromatic N) is 2. The normalized spacial score (nSPS) is 23.6. The molecular weight excluding hydrogens is 230 g/mol. The highest BCUT2D eigenvalue weighted by molar-refractivity contribution is 5.74. The van der Waals surface area contributed by atoms with Crippen LogP contribution in [0.5, 0.6) is 0 Å². The maximum Gasteiger partial charge on any atom is 0.320 e. The first kappa shape index (κ1) is 13.6. The monoisotopic (exact) mass is 255 g/mol. The van der Waals surface area contributed by atoms with Crippen molar-refractivity contribution in [3.63, 3.8) is 0 Å². The summed E-state index contributed by atoms with van der Waals surface area (Å²) in [4.78, 5) is 16.3. The van der Waals surface area contributed by atoms with Crippen molar-refractivity contribution in [2.45, 2.75) is 31.7 Å². The van der Waals surface area contributed by atoms with E-state index < -0.39 is 0 Å². The molecule has 0 aromatic carbocycles. The van der Waals surface area contributed by atoms with Crippen molar-refractivity contribution in [1.82, 2.24) is 15.1 Å². The van der Waals surface area contributed by atoms with Crippen LogP contribution in [0.15, 0.2) is 0 Å². The first-order valence-corrected chi connectivity index (χ1v) is 7.07. The van der Waals surface area contributed by atoms with Crippen LogP contribution in [0.1, 0.15) is 25.7 Å². The summed E-state index contributed by atoms with van der Waals surface area (Å²) in [5.41, 5.74) is 0. The zero-order chi connectivity index (χ0) is 12.8. The highest BCUT2D eigenvalue weighted by Gasteiger charge is 2.26. The van der Waals surface area contributed by atoms with Gasteiger partial charge in [0, 0.05) is 39.3 Å². The molecule has 2 aliphatic heterocycles. The topological polar surface area (TPSA) is 44.8 Å². The van der Waals surface area contributed by atoms with Gasteiger partial charge in [-0.05, 0) is 32.2 Å². The Morgan fingerprint density at radius 1 is 1.39 bits per heavy atom. The van der Waals surface area contributed by atoms with Crippen LogP contribution in [0.4, 0.5) is 4.79 Å². The van der Waals surface area contributed by atoms with E-state index in [1.54, 1.807) is 7.11 Å². The van der Waals surface area contributed by atoms with E-state index in [0.29, 0.717) is 19.2 Å². The van der Waals surface area contributed by atoms with Crippen LogP contribution in [-0.2, 0) is 4.74 Å². The zero-order valence-corrected chi connectivity index (χ0v) is 11.4. The molecule has 2 rings (SSSR count). The number of nitrogens with one attached hydrogen (secondary N) is 1. The van der Waals surface area contributed by atoms with Gasteiger partial charge in [-0.2, -0.15) is 0 Å². The van der Waals surface area contributed by atoms with Gasteiger partial charge in [0.2, 0.25) is 0 Å². The van der Waals surface area contributed by atoms with Gasteiger partial charge >= 0.3 is 6.03 Å². The molecule has 0 aliphatic carbocycles. The highest BCUT2D eigenvalue weighted by Crippen LogP contribution is 2.13. The summed E-state index contributed by atoms with van der Waals surface area (Å²) in [6.45, 7) is 5.05. The van der Waals surface area contributed by atoms with Gasteiger partial charge in [-0.1, -0.05) is 0 Å². The molecule has 2 saturated heterocycles. The van der Waals surface area contributed by atoms with E-state index >= 15 is 0 Å². The average molecular weight is 255 g/mol. The van der Waals surface area contributed by atoms with Crippen molar-refractivity contribution in [2.75, 3.05) is 46.4 Å². The molecule has 2 heterocycles. The van der Waals surface area contributed by atoms with Crippen LogP contribution < -0.4 is 5.32 Å². The SMILES string of the molecule is COCCN(CC1CCCN1)C(=O)N1CCCC1. The molecule has 5 nitrogen and oxygen atoms in total. The lowest BCUT2D eigenvalue weighted by Gasteiger charge is -2.30. The van der Waals surface area contributed by atoms with Gasteiger partial charge in [0.1, 0.15) is 0 Å². The van der Waals surface area contributed by atoms with E-state index in [1.807, 2.05) is 9.80 Å². The molecule has 18 heavy (non-hydrogen) atoms. The number of urea groups is 1. The van der Waals surface area contributed by atoms with Crippen LogP contribution in [0.2, 0.25) is 0 Å². The number of likely N-dealkylation sites (tertiary alicyclic amines) is 1. The summed E-state index contributed by atoms with van der Waals surface area (Å²) in [6, 6.07) is 0.659. The van der Waals surface area contributed by atoms with Gasteiger partial charge in [0.25, 0.3) is 0 Å². The second-order valence-electron chi connectivity index (χ2n) is 5.21. The molecule has 5 heteroatoms. The molecule has 2 amide bonds. The molecule has 0 aromatic rings. The van der Waals surface area contributed by atoms with Gasteiger partial charge < -0.3 is 19.9 Å². The van der Waals surface area contributed by atoms with Crippen LogP contribution in [0.3, 0.4) is 0 Å². The Bertz CT molecular complexity index is 261. The minimum atomic E-state index is 0.193. The zero-order valence-electron chi connectivity index (χ0n) is 11.4. The summed E-state index contributed by atoms with van der Waals surface area (Å²) >= 11 is 0. The second-order valence-corrected chi connectivity index (χ2v) is 5.21. The summed E-state index contributed by atoms with van der Waals surface area (Å²) in [5, 5.41) is 3.46. The number of rotatable bonds is 5. The maximum atomic E-state index is 12.4. The van der Waals surface area contributed by atoms with E-state index in [4.69, 9.17) is 4.74 Å². The third kappa shape index (κ3) is 3.59. The number of carbonyl (C=O) groups is 1. The molecule has 2 aliphatic rings. The van der Waals surface area contributed by atoms with Crippen molar-refractivity contribution in [1.29, 1.82) is 0 Å². The Hall–Kier alpha value is -0.810. The molecule has 0 aromatic heterocycles. The molecule has 0 radical (unpaired) electrons. The number of hydrogen-bond acceptors (Lipinski definition) is 3. The van der Waals surface area contributed by atoms with E-state index in [2.05, 4.69) is 5.32 Å². The Morgan fingerprint density at radius 2 is 2.17 bits per heavy atom. The van der Waals surface area contributed by atoms with E-state index in [0.717, 1.165) is 39.0 Å². The molecule has 104 valence electrons. The molecule has 1 unspecified atom stereocenters. The summed E-state index contributed by atoms with van der Waals surface area (Å²) < 4.78 is 5.12. The first-order chi connectivity index (χ1) is 8.81. The smallest absolute Gasteiger partial charge is 0.320 e. The largest absolute Gasteiger partial charge is 0.383 e. The fourth-order valence-electron chi connectivity index (χ4n) is 2.75. The van der Waals surface area contributed by atoms with Crippen molar-refractivity contribution < 1.29 is 9.53 Å². The quantitative estimate of drug-likeness (QED) is 0.794. The van der Waals surface area contributed by atoms with E-state index in [9.17, 15) is 4.79 Å². The third-order valence-electron chi connectivity index (χ3n) is 3.82. The summed E-state index contributed by atoms with van der Waals surface area (Å²) in [7, 11) is 1.69. The van der Waals surface area contributed by atoms with Crippen LogP contribution in [0.25, 0.3) is 0 Å². The lowest BCUT2D eigenvalue weighted by molar-refractivity contribution is 0.126. The number of ether oxygens (including phenoxy) is 1. The molecule has 1 atom stereocenters.